The molecule has 0 aromatic carbocycles. The van der Waals surface area contributed by atoms with Gasteiger partial charge in [-0.2, -0.15) is 0 Å². The molecule has 1 radical (unpaired) electrons. The molecule has 0 bridgehead atoms. The second-order valence-electron chi connectivity index (χ2n) is 2.28. The van der Waals surface area contributed by atoms with Gasteiger partial charge in [0.25, 0.3) is 0 Å². The Balaban J connectivity index is -0.000000101. The predicted octanol–water partition coefficient (Wildman–Crippen LogP) is 1.05. The van der Waals surface area contributed by atoms with E-state index in [1.54, 1.807) is 0 Å². The molecule has 13 heavy (non-hydrogen) atoms. The van der Waals surface area contributed by atoms with E-state index in [1.165, 1.54) is 4.90 Å². The number of amides is 1. The van der Waals surface area contributed by atoms with Crippen LogP contribution in [-0.2, 0) is 0 Å². The molecule has 0 aliphatic carbocycles. The minimum atomic E-state index is -0.858. The Morgan fingerprint density at radius 3 is 2.00 bits per heavy atom. The van der Waals surface area contributed by atoms with E-state index in [9.17, 15) is 4.79 Å². The molecule has 1 atom stereocenters. The molecule has 77 valence electrons. The van der Waals surface area contributed by atoms with Crippen molar-refractivity contribution in [3.8, 4) is 0 Å². The van der Waals surface area contributed by atoms with Crippen LogP contribution in [0.15, 0.2) is 0 Å². The summed E-state index contributed by atoms with van der Waals surface area (Å²) in [6, 6.07) is 0.0566. The summed E-state index contributed by atoms with van der Waals surface area (Å²) in [5.74, 6) is 0. The van der Waals surface area contributed by atoms with Gasteiger partial charge in [0, 0.05) is 19.1 Å². The van der Waals surface area contributed by atoms with E-state index in [2.05, 4.69) is 0 Å². The number of likely N-dealkylation sites (tertiary alicyclic amines) is 1. The average molecular weight is 315 g/mol. The normalized spacial score (nSPS) is 18.5. The van der Waals surface area contributed by atoms with Crippen LogP contribution in [0.5, 0.6) is 0 Å². The Morgan fingerprint density at radius 2 is 1.85 bits per heavy atom. The summed E-state index contributed by atoms with van der Waals surface area (Å²) in [7, 11) is 0. The zero-order valence-electron chi connectivity index (χ0n) is 8.58. The standard InChI is InChI=1S/C5H10N2O2.3CH3.Ce/c6-4-1-2-7(3-4)5(8)9;;;;/h4H,1-3,6H2,(H,8,9);3*1H3;/q;3*-1;+3/t4-;;;;/m0..../s1. The molecular formula is C8H19CeN2O2. The van der Waals surface area contributed by atoms with Gasteiger partial charge in [0.05, 0.1) is 0 Å². The van der Waals surface area contributed by atoms with E-state index in [4.69, 9.17) is 10.8 Å². The topological polar surface area (TPSA) is 66.6 Å². The molecule has 0 aromatic heterocycles. The van der Waals surface area contributed by atoms with Crippen molar-refractivity contribution in [1.82, 2.24) is 4.90 Å². The van der Waals surface area contributed by atoms with Gasteiger partial charge >= 0.3 is 47.8 Å². The second kappa shape index (κ2) is 10.7. The second-order valence-corrected chi connectivity index (χ2v) is 2.28. The van der Waals surface area contributed by atoms with Gasteiger partial charge in [0.15, 0.2) is 0 Å². The fourth-order valence-electron chi connectivity index (χ4n) is 0.961. The molecule has 1 heterocycles. The molecule has 0 spiro atoms. The molecule has 1 aliphatic heterocycles. The third kappa shape index (κ3) is 7.66. The first-order valence-corrected chi connectivity index (χ1v) is 2.93. The first-order valence-electron chi connectivity index (χ1n) is 2.93. The molecule has 1 amide bonds. The van der Waals surface area contributed by atoms with Crippen LogP contribution in [0, 0.1) is 64.0 Å². The smallest absolute Gasteiger partial charge is 0.465 e. The van der Waals surface area contributed by atoms with Crippen LogP contribution in [0.4, 0.5) is 4.79 Å². The average Bonchev–Trinajstić information content (AvgIpc) is 2.14. The Kier molecular flexibility index (Phi) is 19.3. The Bertz CT molecular complexity index is 133. The molecule has 1 fully saturated rings. The Hall–Kier alpha value is 0.607. The van der Waals surface area contributed by atoms with Crippen molar-refractivity contribution >= 4 is 6.09 Å². The maximum Gasteiger partial charge on any atom is 3.00 e. The van der Waals surface area contributed by atoms with Gasteiger partial charge in [-0.25, -0.2) is 4.79 Å². The molecule has 0 unspecified atom stereocenters. The fraction of sp³-hybridized carbons (Fsp3) is 0.500. The van der Waals surface area contributed by atoms with E-state index < -0.39 is 6.09 Å². The van der Waals surface area contributed by atoms with Crippen LogP contribution >= 0.6 is 0 Å². The first-order chi connectivity index (χ1) is 4.20. The third-order valence-electron chi connectivity index (χ3n) is 1.50. The number of rotatable bonds is 0. The van der Waals surface area contributed by atoms with Gasteiger partial charge in [-0.05, 0) is 6.42 Å². The Morgan fingerprint density at radius 1 is 1.38 bits per heavy atom. The minimum Gasteiger partial charge on any atom is -0.465 e. The maximum absolute atomic E-state index is 10.2. The van der Waals surface area contributed by atoms with Crippen LogP contribution in [-0.4, -0.2) is 35.2 Å². The van der Waals surface area contributed by atoms with Crippen LogP contribution < -0.4 is 5.73 Å². The molecule has 4 nitrogen and oxygen atoms in total. The summed E-state index contributed by atoms with van der Waals surface area (Å²) in [6.45, 7) is 1.09. The van der Waals surface area contributed by atoms with Crippen LogP contribution in [0.25, 0.3) is 0 Å². The molecule has 1 aliphatic rings. The summed E-state index contributed by atoms with van der Waals surface area (Å²) < 4.78 is 0. The van der Waals surface area contributed by atoms with Crippen molar-refractivity contribution in [2.75, 3.05) is 13.1 Å². The van der Waals surface area contributed by atoms with Crippen LogP contribution in [0.2, 0.25) is 0 Å². The summed E-state index contributed by atoms with van der Waals surface area (Å²) in [4.78, 5) is 11.6. The van der Waals surface area contributed by atoms with Crippen molar-refractivity contribution in [3.05, 3.63) is 22.3 Å². The molecule has 5 heteroatoms. The first kappa shape index (κ1) is 23.4. The fourth-order valence-corrected chi connectivity index (χ4v) is 0.961. The monoisotopic (exact) mass is 315 g/mol. The van der Waals surface area contributed by atoms with Crippen LogP contribution in [0.3, 0.4) is 0 Å². The van der Waals surface area contributed by atoms with Gasteiger partial charge in [0.2, 0.25) is 0 Å². The number of nitrogens with zero attached hydrogens (tertiary/aromatic N) is 1. The Labute approximate surface area is 115 Å². The third-order valence-corrected chi connectivity index (χ3v) is 1.50. The SMILES string of the molecule is N[C@H]1CCN(C(=O)O)C1.[CH3-].[CH3-].[CH3-].[Ce+3]. The summed E-state index contributed by atoms with van der Waals surface area (Å²) in [6.07, 6.45) is -0.0605. The van der Waals surface area contributed by atoms with E-state index in [0.717, 1.165) is 6.42 Å². The molecule has 1 saturated heterocycles. The largest absolute Gasteiger partial charge is 3.00 e. The van der Waals surface area contributed by atoms with Crippen molar-refractivity contribution < 1.29 is 51.6 Å². The zero-order valence-corrected chi connectivity index (χ0v) is 11.7. The van der Waals surface area contributed by atoms with Crippen molar-refractivity contribution in [2.45, 2.75) is 12.5 Å². The van der Waals surface area contributed by atoms with Gasteiger partial charge in [-0.3, -0.25) is 0 Å². The molecule has 0 aromatic rings. The number of hydrogen-bond acceptors (Lipinski definition) is 2. The number of hydrogen-bond donors (Lipinski definition) is 2. The van der Waals surface area contributed by atoms with Crippen molar-refractivity contribution in [1.29, 1.82) is 0 Å². The molecule has 0 saturated carbocycles. The van der Waals surface area contributed by atoms with E-state index >= 15 is 0 Å². The van der Waals surface area contributed by atoms with E-state index in [0.29, 0.717) is 13.1 Å². The predicted molar refractivity (Wildman–Crippen MR) is 51.4 cm³/mol. The molecule has 3 N–H and O–H groups in total. The quantitative estimate of drug-likeness (QED) is 0.657. The molecule has 1 rings (SSSR count). The minimum absolute atomic E-state index is 0. The zero-order chi connectivity index (χ0) is 6.85. The van der Waals surface area contributed by atoms with Crippen molar-refractivity contribution in [2.24, 2.45) is 5.73 Å². The van der Waals surface area contributed by atoms with Crippen LogP contribution in [0.1, 0.15) is 6.42 Å². The van der Waals surface area contributed by atoms with E-state index in [-0.39, 0.29) is 70.1 Å². The van der Waals surface area contributed by atoms with E-state index in [1.807, 2.05) is 0 Å². The number of nitrogens with two attached hydrogens (primary N) is 1. The summed E-state index contributed by atoms with van der Waals surface area (Å²) >= 11 is 0. The number of carbonyl (C=O) groups is 1. The van der Waals surface area contributed by atoms with Crippen molar-refractivity contribution in [3.63, 3.8) is 0 Å². The molecular weight excluding hydrogens is 296 g/mol. The summed E-state index contributed by atoms with van der Waals surface area (Å²) in [5.41, 5.74) is 5.46. The van der Waals surface area contributed by atoms with Gasteiger partial charge in [-0.15, -0.1) is 0 Å². The van der Waals surface area contributed by atoms with Gasteiger partial charge in [-0.1, -0.05) is 0 Å². The van der Waals surface area contributed by atoms with Gasteiger partial charge < -0.3 is 38.0 Å². The maximum atomic E-state index is 10.2. The van der Waals surface area contributed by atoms with Gasteiger partial charge in [0.1, 0.15) is 0 Å². The number of carboxylic acid groups (broad SMARTS) is 1. The summed E-state index contributed by atoms with van der Waals surface area (Å²) in [5, 5.41) is 8.40.